The predicted octanol–water partition coefficient (Wildman–Crippen LogP) is 4.31. The Labute approximate surface area is 196 Å². The van der Waals surface area contributed by atoms with Gasteiger partial charge in [-0.3, -0.25) is 9.69 Å². The standard InChI is InChI=1S/C26H33ClN2O3/c1-19-16-29(17-20(2)32-19)18-22-7-4-3-6-21(22)15-28-25(30)26(10-12-31-13-11-26)23-8-5-9-24(27)14-23/h3-9,14,19-20H,10-13,15-18H2,1-2H3,(H,28,30). The highest BCUT2D eigenvalue weighted by molar-refractivity contribution is 6.30. The molecule has 2 aliphatic rings. The maximum Gasteiger partial charge on any atom is 0.231 e. The second-order valence-electron chi connectivity index (χ2n) is 9.11. The summed E-state index contributed by atoms with van der Waals surface area (Å²) in [5.41, 5.74) is 2.77. The van der Waals surface area contributed by atoms with Crippen LogP contribution in [0, 0.1) is 0 Å². The number of rotatable bonds is 6. The number of halogens is 1. The van der Waals surface area contributed by atoms with Gasteiger partial charge in [0.05, 0.1) is 17.6 Å². The van der Waals surface area contributed by atoms with Crippen molar-refractivity contribution in [2.45, 2.75) is 57.4 Å². The van der Waals surface area contributed by atoms with Crippen LogP contribution in [0.3, 0.4) is 0 Å². The zero-order chi connectivity index (χ0) is 22.6. The Morgan fingerprint density at radius 2 is 1.75 bits per heavy atom. The highest BCUT2D eigenvalue weighted by Crippen LogP contribution is 2.36. The van der Waals surface area contributed by atoms with Crippen molar-refractivity contribution >= 4 is 17.5 Å². The lowest BCUT2D eigenvalue weighted by Gasteiger charge is -2.37. The Hall–Kier alpha value is -1.92. The molecular weight excluding hydrogens is 424 g/mol. The molecule has 2 atom stereocenters. The van der Waals surface area contributed by atoms with Crippen LogP contribution in [0.4, 0.5) is 0 Å². The Kier molecular flexibility index (Phi) is 7.51. The van der Waals surface area contributed by atoms with E-state index in [9.17, 15) is 4.79 Å². The highest BCUT2D eigenvalue weighted by atomic mass is 35.5. The van der Waals surface area contributed by atoms with Gasteiger partial charge in [-0.2, -0.15) is 0 Å². The predicted molar refractivity (Wildman–Crippen MR) is 127 cm³/mol. The van der Waals surface area contributed by atoms with Gasteiger partial charge < -0.3 is 14.8 Å². The van der Waals surface area contributed by atoms with Crippen molar-refractivity contribution in [1.82, 2.24) is 10.2 Å². The summed E-state index contributed by atoms with van der Waals surface area (Å²) in [6, 6.07) is 16.1. The number of nitrogens with zero attached hydrogens (tertiary/aromatic N) is 1. The van der Waals surface area contributed by atoms with E-state index in [1.54, 1.807) is 0 Å². The molecular formula is C26H33ClN2O3. The van der Waals surface area contributed by atoms with E-state index in [0.29, 0.717) is 37.6 Å². The third-order valence-electron chi connectivity index (χ3n) is 6.61. The Balaban J connectivity index is 1.48. The van der Waals surface area contributed by atoms with E-state index in [1.165, 1.54) is 5.56 Å². The van der Waals surface area contributed by atoms with E-state index in [1.807, 2.05) is 30.3 Å². The minimum Gasteiger partial charge on any atom is -0.381 e. The first-order valence-electron chi connectivity index (χ1n) is 11.5. The van der Waals surface area contributed by atoms with E-state index in [-0.39, 0.29) is 18.1 Å². The molecule has 1 N–H and O–H groups in total. The fourth-order valence-corrected chi connectivity index (χ4v) is 5.23. The van der Waals surface area contributed by atoms with Crippen LogP contribution < -0.4 is 5.32 Å². The van der Waals surface area contributed by atoms with Crippen molar-refractivity contribution in [3.8, 4) is 0 Å². The molecule has 5 nitrogen and oxygen atoms in total. The summed E-state index contributed by atoms with van der Waals surface area (Å²) in [4.78, 5) is 16.0. The van der Waals surface area contributed by atoms with Gasteiger partial charge in [0.15, 0.2) is 0 Å². The van der Waals surface area contributed by atoms with Gasteiger partial charge in [0.1, 0.15) is 0 Å². The van der Waals surface area contributed by atoms with Crippen LogP contribution in [0.1, 0.15) is 43.4 Å². The fourth-order valence-electron chi connectivity index (χ4n) is 5.04. The van der Waals surface area contributed by atoms with E-state index in [4.69, 9.17) is 21.1 Å². The van der Waals surface area contributed by atoms with Gasteiger partial charge in [0.2, 0.25) is 5.91 Å². The number of amides is 1. The van der Waals surface area contributed by atoms with Crippen LogP contribution in [0.5, 0.6) is 0 Å². The molecule has 0 aliphatic carbocycles. The normalized spacial score (nSPS) is 23.6. The number of hydrogen-bond donors (Lipinski definition) is 1. The van der Waals surface area contributed by atoms with Gasteiger partial charge in [-0.15, -0.1) is 0 Å². The van der Waals surface area contributed by atoms with Crippen LogP contribution in [-0.2, 0) is 32.8 Å². The smallest absolute Gasteiger partial charge is 0.231 e. The van der Waals surface area contributed by atoms with Crippen LogP contribution in [-0.4, -0.2) is 49.3 Å². The van der Waals surface area contributed by atoms with Crippen molar-refractivity contribution < 1.29 is 14.3 Å². The van der Waals surface area contributed by atoms with Crippen LogP contribution in [0.2, 0.25) is 5.02 Å². The zero-order valence-electron chi connectivity index (χ0n) is 19.0. The monoisotopic (exact) mass is 456 g/mol. The molecule has 2 aromatic carbocycles. The second kappa shape index (κ2) is 10.3. The summed E-state index contributed by atoms with van der Waals surface area (Å²) >= 11 is 6.26. The highest BCUT2D eigenvalue weighted by Gasteiger charge is 2.41. The van der Waals surface area contributed by atoms with E-state index < -0.39 is 5.41 Å². The van der Waals surface area contributed by atoms with Crippen LogP contribution in [0.25, 0.3) is 0 Å². The van der Waals surface area contributed by atoms with Crippen LogP contribution in [0.15, 0.2) is 48.5 Å². The van der Waals surface area contributed by atoms with E-state index >= 15 is 0 Å². The van der Waals surface area contributed by atoms with Gasteiger partial charge >= 0.3 is 0 Å². The third kappa shape index (κ3) is 5.34. The number of carbonyl (C=O) groups excluding carboxylic acids is 1. The lowest BCUT2D eigenvalue weighted by Crippen LogP contribution is -2.48. The molecule has 0 saturated carbocycles. The Bertz CT molecular complexity index is 919. The van der Waals surface area contributed by atoms with Gasteiger partial charge in [0, 0.05) is 44.4 Å². The van der Waals surface area contributed by atoms with Gasteiger partial charge in [-0.1, -0.05) is 48.0 Å². The number of hydrogen-bond acceptors (Lipinski definition) is 4. The summed E-state index contributed by atoms with van der Waals surface area (Å²) in [6.07, 6.45) is 1.78. The number of nitrogens with one attached hydrogen (secondary N) is 1. The van der Waals surface area contributed by atoms with Gasteiger partial charge in [-0.05, 0) is 55.5 Å². The minimum absolute atomic E-state index is 0.0477. The summed E-state index contributed by atoms with van der Waals surface area (Å²) < 4.78 is 11.5. The second-order valence-corrected chi connectivity index (χ2v) is 9.54. The van der Waals surface area contributed by atoms with Crippen molar-refractivity contribution in [1.29, 1.82) is 0 Å². The number of benzene rings is 2. The van der Waals surface area contributed by atoms with Gasteiger partial charge in [0.25, 0.3) is 0 Å². The molecule has 1 amide bonds. The van der Waals surface area contributed by atoms with E-state index in [0.717, 1.165) is 30.8 Å². The molecule has 0 radical (unpaired) electrons. The molecule has 0 aromatic heterocycles. The first-order chi connectivity index (χ1) is 15.5. The molecule has 2 unspecified atom stereocenters. The molecule has 2 aliphatic heterocycles. The quantitative estimate of drug-likeness (QED) is 0.703. The molecule has 6 heteroatoms. The molecule has 2 saturated heterocycles. The maximum absolute atomic E-state index is 13.6. The number of ether oxygens (including phenoxy) is 2. The first kappa shape index (κ1) is 23.2. The number of carbonyl (C=O) groups is 1. The van der Waals surface area contributed by atoms with Crippen molar-refractivity contribution in [2.24, 2.45) is 0 Å². The molecule has 2 aromatic rings. The topological polar surface area (TPSA) is 50.8 Å². The molecule has 4 rings (SSSR count). The molecule has 2 heterocycles. The van der Waals surface area contributed by atoms with E-state index in [2.05, 4.69) is 42.3 Å². The first-order valence-corrected chi connectivity index (χ1v) is 11.9. The lowest BCUT2D eigenvalue weighted by molar-refractivity contribution is -0.130. The van der Waals surface area contributed by atoms with Crippen molar-refractivity contribution in [2.75, 3.05) is 26.3 Å². The summed E-state index contributed by atoms with van der Waals surface area (Å²) in [5.74, 6) is 0.0477. The Morgan fingerprint density at radius 1 is 1.06 bits per heavy atom. The average Bonchev–Trinajstić information content (AvgIpc) is 2.78. The molecule has 0 spiro atoms. The van der Waals surface area contributed by atoms with Crippen molar-refractivity contribution in [3.63, 3.8) is 0 Å². The molecule has 32 heavy (non-hydrogen) atoms. The molecule has 0 bridgehead atoms. The van der Waals surface area contributed by atoms with Gasteiger partial charge in [-0.25, -0.2) is 0 Å². The SMILES string of the molecule is CC1CN(Cc2ccccc2CNC(=O)C2(c3cccc(Cl)c3)CCOCC2)CC(C)O1. The molecule has 172 valence electrons. The summed E-state index contributed by atoms with van der Waals surface area (Å²) in [6.45, 7) is 8.60. The third-order valence-corrected chi connectivity index (χ3v) is 6.84. The maximum atomic E-state index is 13.6. The Morgan fingerprint density at radius 3 is 2.44 bits per heavy atom. The summed E-state index contributed by atoms with van der Waals surface area (Å²) in [7, 11) is 0. The largest absolute Gasteiger partial charge is 0.381 e. The number of morpholine rings is 1. The zero-order valence-corrected chi connectivity index (χ0v) is 19.7. The fraction of sp³-hybridized carbons (Fsp3) is 0.500. The average molecular weight is 457 g/mol. The van der Waals surface area contributed by atoms with Crippen molar-refractivity contribution in [3.05, 3.63) is 70.2 Å². The molecule has 2 fully saturated rings. The minimum atomic E-state index is -0.604. The summed E-state index contributed by atoms with van der Waals surface area (Å²) in [5, 5.41) is 3.90. The lowest BCUT2D eigenvalue weighted by atomic mass is 9.73. The van der Waals surface area contributed by atoms with Crippen LogP contribution >= 0.6 is 11.6 Å².